The van der Waals surface area contributed by atoms with Gasteiger partial charge in [0.15, 0.2) is 28.2 Å². The van der Waals surface area contributed by atoms with Gasteiger partial charge in [0, 0.05) is 19.2 Å². The predicted octanol–water partition coefficient (Wildman–Crippen LogP) is 2.38. The summed E-state index contributed by atoms with van der Waals surface area (Å²) in [7, 11) is 1.42. The van der Waals surface area contributed by atoms with Crippen molar-refractivity contribution in [2.24, 2.45) is 12.0 Å². The molecule has 0 spiro atoms. The number of alkyl halides is 2. The number of rotatable bonds is 9. The first-order valence-corrected chi connectivity index (χ1v) is 9.97. The van der Waals surface area contributed by atoms with Gasteiger partial charge < -0.3 is 0 Å². The molecule has 15 heteroatoms. The number of nitrogens with zero attached hydrogens (tertiary/aromatic N) is 5. The van der Waals surface area contributed by atoms with Crippen molar-refractivity contribution in [2.75, 3.05) is 5.75 Å². The molecule has 0 amide bonds. The third-order valence-electron chi connectivity index (χ3n) is 4.06. The molecular weight excluding hydrogens is 455 g/mol. The fourth-order valence-corrected chi connectivity index (χ4v) is 3.33. The van der Waals surface area contributed by atoms with E-state index >= 15 is 0 Å². The number of hydroxylamine groups is 1. The number of aliphatic imine (C=N–C) groups is 1. The second-order valence-corrected chi connectivity index (χ2v) is 7.36. The Balaban J connectivity index is 1.66. The van der Waals surface area contributed by atoms with E-state index in [1.54, 1.807) is 5.48 Å². The molecule has 2 aromatic heterocycles. The lowest BCUT2D eigenvalue weighted by Crippen LogP contribution is -2.21. The molecule has 3 aromatic rings. The predicted molar refractivity (Wildman–Crippen MR) is 105 cm³/mol. The fourth-order valence-electron chi connectivity index (χ4n) is 2.50. The minimum Gasteiger partial charge on any atom is -0.291 e. The summed E-state index contributed by atoms with van der Waals surface area (Å²) in [5.74, 6) is -1.34. The maximum Gasteiger partial charge on any atom is 0.343 e. The van der Waals surface area contributed by atoms with Crippen LogP contribution in [0.3, 0.4) is 0 Å². The number of ketones is 1. The lowest BCUT2D eigenvalue weighted by molar-refractivity contribution is 0.0971. The van der Waals surface area contributed by atoms with Crippen molar-refractivity contribution in [1.82, 2.24) is 30.6 Å². The summed E-state index contributed by atoms with van der Waals surface area (Å²) in [5.41, 5.74) is 0.381. The van der Waals surface area contributed by atoms with Crippen LogP contribution in [0.2, 0.25) is 0 Å². The Morgan fingerprint density at radius 2 is 2.19 bits per heavy atom. The van der Waals surface area contributed by atoms with Crippen molar-refractivity contribution < 1.29 is 27.8 Å². The molecule has 3 N–H and O–H groups in total. The second kappa shape index (κ2) is 10.2. The quantitative estimate of drug-likeness (QED) is 0.107. The van der Waals surface area contributed by atoms with Gasteiger partial charge in [-0.3, -0.25) is 20.5 Å². The van der Waals surface area contributed by atoms with Crippen molar-refractivity contribution >= 4 is 29.1 Å². The van der Waals surface area contributed by atoms with Crippen LogP contribution in [0.15, 0.2) is 37.6 Å². The second-order valence-electron chi connectivity index (χ2n) is 6.27. The average Bonchev–Trinajstić information content (AvgIpc) is 3.36. The summed E-state index contributed by atoms with van der Waals surface area (Å²) in [6.45, 7) is 0. The summed E-state index contributed by atoms with van der Waals surface area (Å²) in [5, 5.41) is 20.7. The van der Waals surface area contributed by atoms with Crippen molar-refractivity contribution in [1.29, 1.82) is 0 Å². The van der Waals surface area contributed by atoms with E-state index in [9.17, 15) is 28.0 Å². The molecule has 11 nitrogen and oxygen atoms in total. The van der Waals surface area contributed by atoms with Crippen LogP contribution in [0, 0.1) is 5.82 Å². The highest BCUT2D eigenvalue weighted by Crippen LogP contribution is 2.27. The highest BCUT2D eigenvalue weighted by atomic mass is 32.2. The smallest absolute Gasteiger partial charge is 0.291 e. The lowest BCUT2D eigenvalue weighted by Gasteiger charge is -2.05. The summed E-state index contributed by atoms with van der Waals surface area (Å²) >= 11 is 1.13. The SMILES string of the molecule is Cn1nc(C(=O)CCCSc2nonc2C(=Nc2ccc(F)c(C(F)F)c2)NO)[nH]c1=O. The topological polar surface area (TPSA) is 151 Å². The maximum atomic E-state index is 13.5. The zero-order valence-electron chi connectivity index (χ0n) is 16.4. The molecule has 1 aromatic carbocycles. The van der Waals surface area contributed by atoms with Gasteiger partial charge in [-0.05, 0) is 34.9 Å². The number of H-pyrrole nitrogens is 1. The van der Waals surface area contributed by atoms with Gasteiger partial charge in [0.2, 0.25) is 0 Å². The molecule has 170 valence electrons. The first kappa shape index (κ1) is 23.2. The number of carbonyl (C=O) groups is 1. The van der Waals surface area contributed by atoms with E-state index in [1.807, 2.05) is 0 Å². The van der Waals surface area contributed by atoms with Crippen LogP contribution in [0.4, 0.5) is 18.9 Å². The number of halogens is 3. The minimum atomic E-state index is -3.04. The Bertz CT molecular complexity index is 1190. The molecule has 0 bridgehead atoms. The van der Waals surface area contributed by atoms with Gasteiger partial charge in [-0.15, -0.1) is 16.9 Å². The Hall–Kier alpha value is -3.46. The zero-order chi connectivity index (χ0) is 23.3. The Morgan fingerprint density at radius 3 is 2.84 bits per heavy atom. The number of aromatic nitrogens is 5. The first-order valence-electron chi connectivity index (χ1n) is 8.98. The molecule has 0 aliphatic rings. The van der Waals surface area contributed by atoms with Crippen LogP contribution >= 0.6 is 11.8 Å². The molecule has 0 aliphatic carbocycles. The van der Waals surface area contributed by atoms with Crippen LogP contribution in [-0.4, -0.2) is 47.7 Å². The average molecular weight is 471 g/mol. The maximum absolute atomic E-state index is 13.5. The summed E-state index contributed by atoms with van der Waals surface area (Å²) in [6.07, 6.45) is -2.54. The summed E-state index contributed by atoms with van der Waals surface area (Å²) in [6, 6.07) is 2.82. The first-order chi connectivity index (χ1) is 15.3. The summed E-state index contributed by atoms with van der Waals surface area (Å²) in [4.78, 5) is 29.7. The van der Waals surface area contributed by atoms with Gasteiger partial charge in [0.25, 0.3) is 6.43 Å². The number of amidine groups is 1. The highest BCUT2D eigenvalue weighted by molar-refractivity contribution is 7.99. The van der Waals surface area contributed by atoms with E-state index in [4.69, 9.17) is 0 Å². The zero-order valence-corrected chi connectivity index (χ0v) is 17.2. The van der Waals surface area contributed by atoms with Crippen LogP contribution in [0.25, 0.3) is 0 Å². The van der Waals surface area contributed by atoms with Crippen molar-refractivity contribution in [3.63, 3.8) is 0 Å². The molecule has 0 unspecified atom stereocenters. The molecule has 0 fully saturated rings. The van der Waals surface area contributed by atoms with E-state index in [-0.39, 0.29) is 40.3 Å². The minimum absolute atomic E-state index is 0.0131. The fraction of sp³-hybridized carbons (Fsp3) is 0.294. The third-order valence-corrected chi connectivity index (χ3v) is 5.10. The number of nitrogens with one attached hydrogen (secondary N) is 2. The van der Waals surface area contributed by atoms with E-state index in [0.717, 1.165) is 34.6 Å². The number of hydrogen-bond acceptors (Lipinski definition) is 9. The number of thioether (sulfide) groups is 1. The van der Waals surface area contributed by atoms with Crippen LogP contribution in [-0.2, 0) is 7.05 Å². The van der Waals surface area contributed by atoms with E-state index in [1.165, 1.54) is 7.05 Å². The van der Waals surface area contributed by atoms with Crippen LogP contribution in [0.1, 0.15) is 41.1 Å². The normalized spacial score (nSPS) is 11.9. The summed E-state index contributed by atoms with van der Waals surface area (Å²) < 4.78 is 44.9. The van der Waals surface area contributed by atoms with E-state index in [0.29, 0.717) is 12.2 Å². The number of aromatic amines is 1. The van der Waals surface area contributed by atoms with Gasteiger partial charge in [0.1, 0.15) is 5.82 Å². The monoisotopic (exact) mass is 471 g/mol. The van der Waals surface area contributed by atoms with Gasteiger partial charge in [0.05, 0.1) is 11.3 Å². The molecule has 0 atom stereocenters. The third kappa shape index (κ3) is 5.42. The van der Waals surface area contributed by atoms with Crippen LogP contribution in [0.5, 0.6) is 0 Å². The van der Waals surface area contributed by atoms with Crippen LogP contribution < -0.4 is 11.2 Å². The molecule has 0 aliphatic heterocycles. The Morgan fingerprint density at radius 1 is 1.41 bits per heavy atom. The van der Waals surface area contributed by atoms with Crippen molar-refractivity contribution in [2.45, 2.75) is 24.3 Å². The van der Waals surface area contributed by atoms with Gasteiger partial charge in [-0.1, -0.05) is 0 Å². The largest absolute Gasteiger partial charge is 0.343 e. The highest BCUT2D eigenvalue weighted by Gasteiger charge is 2.19. The van der Waals surface area contributed by atoms with Gasteiger partial charge in [-0.2, -0.15) is 0 Å². The van der Waals surface area contributed by atoms with Crippen molar-refractivity contribution in [3.05, 3.63) is 51.6 Å². The number of hydrogen-bond donors (Lipinski definition) is 3. The number of carbonyl (C=O) groups excluding carboxylic acids is 1. The molecule has 32 heavy (non-hydrogen) atoms. The number of Topliss-reactive ketones (excluding diaryl/α,β-unsaturated/α-hetero) is 1. The standard InChI is InChI=1S/C17H16F3N7O4S/c1-27-17(29)22-14(23-27)11(28)3-2-6-32-16-12(25-31-26-16)15(24-30)21-8-4-5-10(18)9(7-8)13(19)20/h4-5,7,13,30H,2-3,6H2,1H3,(H,21,24)(H,22,23,29). The molecule has 0 radical (unpaired) electrons. The van der Waals surface area contributed by atoms with E-state index in [2.05, 4.69) is 30.0 Å². The van der Waals surface area contributed by atoms with Gasteiger partial charge in [-0.25, -0.2) is 32.3 Å². The molecule has 2 heterocycles. The van der Waals surface area contributed by atoms with E-state index < -0.39 is 23.5 Å². The number of benzene rings is 1. The molecule has 3 rings (SSSR count). The molecular formula is C17H16F3N7O4S. The Kier molecular flexibility index (Phi) is 7.42. The number of aryl methyl sites for hydroxylation is 1. The lowest BCUT2D eigenvalue weighted by atomic mass is 10.2. The molecule has 0 saturated carbocycles. The van der Waals surface area contributed by atoms with Gasteiger partial charge >= 0.3 is 5.69 Å². The van der Waals surface area contributed by atoms with Crippen molar-refractivity contribution in [3.8, 4) is 0 Å². The molecule has 0 saturated heterocycles. The Labute approximate surface area is 181 Å².